The van der Waals surface area contributed by atoms with Gasteiger partial charge in [-0.15, -0.1) is 11.3 Å². The van der Waals surface area contributed by atoms with Crippen LogP contribution in [0.4, 0.5) is 0 Å². The third-order valence-electron chi connectivity index (χ3n) is 5.32. The van der Waals surface area contributed by atoms with Crippen molar-refractivity contribution in [3.63, 3.8) is 0 Å². The molecule has 1 aliphatic heterocycles. The van der Waals surface area contributed by atoms with Crippen molar-refractivity contribution in [3.05, 3.63) is 11.6 Å². The highest BCUT2D eigenvalue weighted by Gasteiger charge is 2.44. The first-order valence-electron chi connectivity index (χ1n) is 10.3. The van der Waals surface area contributed by atoms with Gasteiger partial charge in [-0.25, -0.2) is 21.6 Å². The molecule has 1 aliphatic rings. The Kier molecular flexibility index (Phi) is 9.23. The SMILES string of the molecule is CCN(C(C)=O)[C@H]1CC(CCCOC)S(=O)(=O)c2sc(S(=O)(=O)NC(=O)CCCO)cc21. The van der Waals surface area contributed by atoms with Gasteiger partial charge in [0.05, 0.1) is 11.3 Å². The average Bonchev–Trinajstić information content (AvgIpc) is 3.17. The molecule has 0 bridgehead atoms. The maximum absolute atomic E-state index is 13.3. The quantitative estimate of drug-likeness (QED) is 0.422. The summed E-state index contributed by atoms with van der Waals surface area (Å²) in [6.45, 7) is 3.62. The number of hydrogen-bond donors (Lipinski definition) is 2. The molecule has 32 heavy (non-hydrogen) atoms. The molecule has 13 heteroatoms. The Hall–Kier alpha value is -1.54. The molecule has 10 nitrogen and oxygen atoms in total. The van der Waals surface area contributed by atoms with Gasteiger partial charge in [0, 0.05) is 45.8 Å². The molecule has 0 spiro atoms. The van der Waals surface area contributed by atoms with E-state index in [-0.39, 0.29) is 45.8 Å². The second kappa shape index (κ2) is 11.1. The Labute approximate surface area is 192 Å². The van der Waals surface area contributed by atoms with Gasteiger partial charge >= 0.3 is 0 Å². The topological polar surface area (TPSA) is 147 Å². The number of rotatable bonds is 11. The van der Waals surface area contributed by atoms with Crippen LogP contribution < -0.4 is 4.72 Å². The van der Waals surface area contributed by atoms with Gasteiger partial charge < -0.3 is 14.7 Å². The number of aliphatic hydroxyl groups is 1. The average molecular weight is 511 g/mol. The molecule has 0 radical (unpaired) electrons. The third kappa shape index (κ3) is 5.87. The van der Waals surface area contributed by atoms with E-state index in [1.165, 1.54) is 25.0 Å². The molecule has 182 valence electrons. The van der Waals surface area contributed by atoms with Crippen molar-refractivity contribution in [2.75, 3.05) is 26.9 Å². The second-order valence-electron chi connectivity index (χ2n) is 7.52. The monoisotopic (exact) mass is 510 g/mol. The molecule has 2 heterocycles. The fourth-order valence-corrected chi connectivity index (χ4v) is 9.10. The van der Waals surface area contributed by atoms with Gasteiger partial charge in [-0.3, -0.25) is 9.59 Å². The van der Waals surface area contributed by atoms with Gasteiger partial charge in [-0.1, -0.05) is 0 Å². The van der Waals surface area contributed by atoms with Crippen LogP contribution in [0, 0.1) is 0 Å². The summed E-state index contributed by atoms with van der Waals surface area (Å²) in [7, 11) is -6.61. The highest BCUT2D eigenvalue weighted by Crippen LogP contribution is 2.46. The van der Waals surface area contributed by atoms with E-state index in [0.29, 0.717) is 37.3 Å². The largest absolute Gasteiger partial charge is 0.396 e. The minimum atomic E-state index is -4.30. The number of thiophene rings is 1. The maximum atomic E-state index is 13.3. The Morgan fingerprint density at radius 1 is 1.34 bits per heavy atom. The zero-order valence-electron chi connectivity index (χ0n) is 18.4. The lowest BCUT2D eigenvalue weighted by molar-refractivity contribution is -0.131. The smallest absolute Gasteiger partial charge is 0.273 e. The van der Waals surface area contributed by atoms with E-state index in [1.807, 2.05) is 4.72 Å². The van der Waals surface area contributed by atoms with Crippen LogP contribution in [0.5, 0.6) is 0 Å². The fourth-order valence-electron chi connectivity index (χ4n) is 3.78. The summed E-state index contributed by atoms with van der Waals surface area (Å²) in [5, 5.41) is 8.04. The van der Waals surface area contributed by atoms with Crippen LogP contribution in [-0.4, -0.2) is 70.8 Å². The number of carbonyl (C=O) groups excluding carboxylic acids is 2. The van der Waals surface area contributed by atoms with Crippen molar-refractivity contribution in [2.24, 2.45) is 0 Å². The summed E-state index contributed by atoms with van der Waals surface area (Å²) in [5.41, 5.74) is 0.262. The predicted molar refractivity (Wildman–Crippen MR) is 118 cm³/mol. The van der Waals surface area contributed by atoms with Gasteiger partial charge in [-0.2, -0.15) is 0 Å². The standard InChI is InChI=1S/C19H30N2O8S3/c1-4-21(13(2)23)16-11-14(7-6-10-29-3)31(25,26)19-15(16)12-18(30-19)32(27,28)20-17(24)8-5-9-22/h12,14,16,22H,4-11H2,1-3H3,(H,20,24)/t14?,16-/m0/s1. The van der Waals surface area contributed by atoms with Crippen molar-refractivity contribution in [3.8, 4) is 0 Å². The number of nitrogens with zero attached hydrogens (tertiary/aromatic N) is 1. The molecule has 1 unspecified atom stereocenters. The van der Waals surface area contributed by atoms with E-state index >= 15 is 0 Å². The minimum Gasteiger partial charge on any atom is -0.396 e. The molecule has 2 N–H and O–H groups in total. The second-order valence-corrected chi connectivity index (χ2v) is 12.9. The van der Waals surface area contributed by atoms with Gasteiger partial charge in [0.25, 0.3) is 10.0 Å². The maximum Gasteiger partial charge on any atom is 0.273 e. The summed E-state index contributed by atoms with van der Waals surface area (Å²) in [6.07, 6.45) is 0.903. The summed E-state index contributed by atoms with van der Waals surface area (Å²) < 4.78 is 58.6. The van der Waals surface area contributed by atoms with E-state index < -0.39 is 37.1 Å². The van der Waals surface area contributed by atoms with Crippen LogP contribution in [0.3, 0.4) is 0 Å². The van der Waals surface area contributed by atoms with E-state index in [0.717, 1.165) is 0 Å². The molecule has 2 atom stereocenters. The summed E-state index contributed by atoms with van der Waals surface area (Å²) in [5.74, 6) is -1.03. The van der Waals surface area contributed by atoms with Gasteiger partial charge in [0.2, 0.25) is 11.8 Å². The van der Waals surface area contributed by atoms with E-state index in [2.05, 4.69) is 0 Å². The van der Waals surface area contributed by atoms with Crippen LogP contribution in [0.2, 0.25) is 0 Å². The number of ether oxygens (including phenoxy) is 1. The lowest BCUT2D eigenvalue weighted by Gasteiger charge is -2.36. The molecule has 1 aromatic heterocycles. The number of aliphatic hydroxyl groups excluding tert-OH is 1. The van der Waals surface area contributed by atoms with Crippen molar-refractivity contribution in [1.29, 1.82) is 0 Å². The van der Waals surface area contributed by atoms with E-state index in [1.54, 1.807) is 6.92 Å². The van der Waals surface area contributed by atoms with Crippen LogP contribution in [0.1, 0.15) is 57.6 Å². The first-order chi connectivity index (χ1) is 15.0. The van der Waals surface area contributed by atoms with Crippen molar-refractivity contribution < 1.29 is 36.3 Å². The van der Waals surface area contributed by atoms with Crippen LogP contribution in [0.15, 0.2) is 14.5 Å². The van der Waals surface area contributed by atoms with Crippen molar-refractivity contribution >= 4 is 43.0 Å². The summed E-state index contributed by atoms with van der Waals surface area (Å²) in [4.78, 5) is 25.6. The summed E-state index contributed by atoms with van der Waals surface area (Å²) in [6, 6.07) is 0.662. The molecule has 0 aromatic carbocycles. The Bertz CT molecular complexity index is 1030. The number of sulfone groups is 1. The number of amides is 2. The first kappa shape index (κ1) is 26.7. The highest BCUT2D eigenvalue weighted by molar-refractivity contribution is 7.95. The Morgan fingerprint density at radius 3 is 2.59 bits per heavy atom. The number of fused-ring (bicyclic) bond motifs is 1. The highest BCUT2D eigenvalue weighted by atomic mass is 32.3. The van der Waals surface area contributed by atoms with Gasteiger partial charge in [0.1, 0.15) is 8.42 Å². The predicted octanol–water partition coefficient (Wildman–Crippen LogP) is 1.21. The Balaban J connectivity index is 2.51. The third-order valence-corrected chi connectivity index (χ3v) is 11.1. The van der Waals surface area contributed by atoms with Gasteiger partial charge in [-0.05, 0) is 38.7 Å². The zero-order chi connectivity index (χ0) is 24.1. The fraction of sp³-hybridized carbons (Fsp3) is 0.684. The number of sulfonamides is 1. The number of carbonyl (C=O) groups is 2. The summed E-state index contributed by atoms with van der Waals surface area (Å²) >= 11 is 0.592. The first-order valence-corrected chi connectivity index (χ1v) is 14.1. The van der Waals surface area contributed by atoms with Gasteiger partial charge in [0.15, 0.2) is 9.84 Å². The van der Waals surface area contributed by atoms with Crippen molar-refractivity contribution in [1.82, 2.24) is 9.62 Å². The van der Waals surface area contributed by atoms with E-state index in [9.17, 15) is 26.4 Å². The minimum absolute atomic E-state index is 0.0842. The normalized spacial score (nSPS) is 19.9. The molecular weight excluding hydrogens is 480 g/mol. The van der Waals surface area contributed by atoms with Crippen molar-refractivity contribution in [2.45, 2.75) is 65.7 Å². The lowest BCUT2D eigenvalue weighted by Crippen LogP contribution is -2.40. The number of methoxy groups -OCH3 is 1. The molecule has 0 saturated carbocycles. The number of nitrogens with one attached hydrogen (secondary N) is 1. The Morgan fingerprint density at radius 2 is 2.03 bits per heavy atom. The molecular formula is C19H30N2O8S3. The zero-order valence-corrected chi connectivity index (χ0v) is 20.8. The van der Waals surface area contributed by atoms with Crippen LogP contribution in [-0.2, 0) is 34.2 Å². The molecule has 0 saturated heterocycles. The molecule has 0 fully saturated rings. The molecule has 0 aliphatic carbocycles. The molecule has 2 rings (SSSR count). The van der Waals surface area contributed by atoms with Crippen LogP contribution >= 0.6 is 11.3 Å². The number of hydrogen-bond acceptors (Lipinski definition) is 9. The van der Waals surface area contributed by atoms with E-state index in [4.69, 9.17) is 9.84 Å². The molecule has 2 amide bonds. The lowest BCUT2D eigenvalue weighted by atomic mass is 10.00. The van der Waals surface area contributed by atoms with Crippen LogP contribution in [0.25, 0.3) is 0 Å². The molecule has 1 aromatic rings.